The summed E-state index contributed by atoms with van der Waals surface area (Å²) in [4.78, 5) is 2.60. The zero-order valence-electron chi connectivity index (χ0n) is 8.21. The molecule has 0 aromatic carbocycles. The number of hydrogen-bond donors (Lipinski definition) is 0. The van der Waals surface area contributed by atoms with Gasteiger partial charge in [-0.15, -0.1) is 22.7 Å². The molecule has 0 bridgehead atoms. The Balaban J connectivity index is 2.19. The highest BCUT2D eigenvalue weighted by Crippen LogP contribution is 2.39. The molecule has 4 heteroatoms. The second-order valence-corrected chi connectivity index (χ2v) is 6.88. The third kappa shape index (κ3) is 1.74. The second kappa shape index (κ2) is 4.34. The molecule has 0 unspecified atom stereocenters. The van der Waals surface area contributed by atoms with Crippen molar-refractivity contribution in [2.75, 3.05) is 0 Å². The zero-order chi connectivity index (χ0) is 11.0. The molecule has 2 aromatic heterocycles. The minimum Gasteiger partial charge on any atom is -0.144 e. The first-order valence-electron chi connectivity index (χ1n) is 4.76. The lowest BCUT2D eigenvalue weighted by molar-refractivity contribution is 1.89. The van der Waals surface area contributed by atoms with Crippen LogP contribution in [0, 0.1) is 0 Å². The van der Waals surface area contributed by atoms with Crippen LogP contribution < -0.4 is 0 Å². The maximum Gasteiger partial charge on any atom is 0.0740 e. The van der Waals surface area contributed by atoms with Crippen molar-refractivity contribution in [3.63, 3.8) is 0 Å². The fraction of sp³-hybridized carbons (Fsp3) is 0. The first kappa shape index (κ1) is 10.5. The van der Waals surface area contributed by atoms with Gasteiger partial charge in [-0.3, -0.25) is 0 Å². The third-order valence-corrected chi connectivity index (χ3v) is 5.50. The fourth-order valence-electron chi connectivity index (χ4n) is 1.65. The van der Waals surface area contributed by atoms with Crippen molar-refractivity contribution in [3.05, 3.63) is 44.8 Å². The molecule has 0 saturated carbocycles. The Morgan fingerprint density at radius 2 is 1.69 bits per heavy atom. The SMILES string of the molecule is S=C1P=CC(c2cccs2)=C1c1cccs1. The number of hydrogen-bond acceptors (Lipinski definition) is 3. The highest BCUT2D eigenvalue weighted by atomic mass is 32.1. The molecular weight excluding hydrogens is 271 g/mol. The van der Waals surface area contributed by atoms with E-state index in [1.54, 1.807) is 22.7 Å². The van der Waals surface area contributed by atoms with Gasteiger partial charge in [0.25, 0.3) is 0 Å². The molecular formula is C12H7PS3. The van der Waals surface area contributed by atoms with Crippen molar-refractivity contribution >= 4 is 64.6 Å². The van der Waals surface area contributed by atoms with E-state index in [0.29, 0.717) is 0 Å². The molecule has 1 aliphatic heterocycles. The molecule has 0 aliphatic carbocycles. The molecule has 78 valence electrons. The molecule has 0 saturated heterocycles. The molecule has 0 atom stereocenters. The van der Waals surface area contributed by atoms with Crippen LogP contribution in [0.15, 0.2) is 35.0 Å². The topological polar surface area (TPSA) is 0 Å². The van der Waals surface area contributed by atoms with Gasteiger partial charge in [-0.05, 0) is 28.7 Å². The van der Waals surface area contributed by atoms with Crippen molar-refractivity contribution in [3.8, 4) is 0 Å². The highest BCUT2D eigenvalue weighted by molar-refractivity contribution is 7.95. The van der Waals surface area contributed by atoms with Gasteiger partial charge in [0.2, 0.25) is 0 Å². The Morgan fingerprint density at radius 1 is 1.00 bits per heavy atom. The maximum atomic E-state index is 5.45. The molecule has 0 fully saturated rings. The summed E-state index contributed by atoms with van der Waals surface area (Å²) >= 11 is 8.98. The van der Waals surface area contributed by atoms with Crippen molar-refractivity contribution in [1.82, 2.24) is 0 Å². The molecule has 16 heavy (non-hydrogen) atoms. The van der Waals surface area contributed by atoms with E-state index < -0.39 is 0 Å². The average Bonchev–Trinajstić information content (AvgIpc) is 2.96. The van der Waals surface area contributed by atoms with Crippen LogP contribution in [-0.4, -0.2) is 10.4 Å². The normalized spacial score (nSPS) is 16.1. The van der Waals surface area contributed by atoms with Crippen LogP contribution in [0.25, 0.3) is 11.1 Å². The summed E-state index contributed by atoms with van der Waals surface area (Å²) in [5.74, 6) is 2.23. The number of allylic oxidation sites excluding steroid dienone is 2. The van der Waals surface area contributed by atoms with Crippen LogP contribution >= 0.6 is 43.1 Å². The summed E-state index contributed by atoms with van der Waals surface area (Å²) in [6, 6.07) is 8.48. The maximum absolute atomic E-state index is 5.45. The van der Waals surface area contributed by atoms with Gasteiger partial charge in [0.1, 0.15) is 0 Å². The Morgan fingerprint density at radius 3 is 2.31 bits per heavy atom. The molecule has 3 rings (SSSR count). The molecule has 2 aromatic rings. The van der Waals surface area contributed by atoms with Crippen LogP contribution in [0.3, 0.4) is 0 Å². The highest BCUT2D eigenvalue weighted by Gasteiger charge is 2.19. The fourth-order valence-corrected chi connectivity index (χ4v) is 4.67. The number of thiophene rings is 2. The lowest BCUT2D eigenvalue weighted by atomic mass is 10.1. The van der Waals surface area contributed by atoms with Gasteiger partial charge >= 0.3 is 0 Å². The predicted octanol–water partition coefficient (Wildman–Crippen LogP) is 4.81. The molecule has 1 aliphatic rings. The van der Waals surface area contributed by atoms with Crippen LogP contribution in [0.1, 0.15) is 9.75 Å². The van der Waals surface area contributed by atoms with Gasteiger partial charge in [-0.25, -0.2) is 0 Å². The average molecular weight is 278 g/mol. The predicted molar refractivity (Wildman–Crippen MR) is 81.0 cm³/mol. The summed E-state index contributed by atoms with van der Waals surface area (Å²) < 4.78 is 1.05. The van der Waals surface area contributed by atoms with E-state index in [2.05, 4.69) is 40.8 Å². The third-order valence-electron chi connectivity index (χ3n) is 2.35. The van der Waals surface area contributed by atoms with Gasteiger partial charge < -0.3 is 0 Å². The smallest absolute Gasteiger partial charge is 0.0740 e. The Kier molecular flexibility index (Phi) is 2.86. The summed E-state index contributed by atoms with van der Waals surface area (Å²) in [5, 5.41) is 4.21. The second-order valence-electron chi connectivity index (χ2n) is 3.31. The lowest BCUT2D eigenvalue weighted by Crippen LogP contribution is -1.88. The Bertz CT molecular complexity index is 538. The molecule has 3 heterocycles. The quantitative estimate of drug-likeness (QED) is 0.561. The number of thiocarbonyl (C=S) groups is 1. The zero-order valence-corrected chi connectivity index (χ0v) is 11.6. The molecule has 0 radical (unpaired) electrons. The van der Waals surface area contributed by atoms with Crippen LogP contribution in [0.4, 0.5) is 0 Å². The Hall–Kier alpha value is -0.600. The van der Waals surface area contributed by atoms with Gasteiger partial charge in [0.05, 0.1) is 4.61 Å². The first-order chi connectivity index (χ1) is 7.86. The minimum atomic E-state index is 1.05. The summed E-state index contributed by atoms with van der Waals surface area (Å²) in [5.41, 5.74) is 2.57. The van der Waals surface area contributed by atoms with E-state index in [9.17, 15) is 0 Å². The monoisotopic (exact) mass is 278 g/mol. The standard InChI is InChI=1S/C12H7PS3/c14-12-11(10-4-2-6-16-10)8(7-13-12)9-3-1-5-15-9/h1-7H. The van der Waals surface area contributed by atoms with E-state index in [1.807, 2.05) is 0 Å². The van der Waals surface area contributed by atoms with E-state index in [-0.39, 0.29) is 0 Å². The molecule has 0 nitrogen and oxygen atoms in total. The minimum absolute atomic E-state index is 1.05. The lowest BCUT2D eigenvalue weighted by Gasteiger charge is -2.02. The van der Waals surface area contributed by atoms with Gasteiger partial charge in [0, 0.05) is 20.9 Å². The van der Waals surface area contributed by atoms with Crippen molar-refractivity contribution in [2.24, 2.45) is 0 Å². The van der Waals surface area contributed by atoms with Crippen molar-refractivity contribution in [2.45, 2.75) is 0 Å². The van der Waals surface area contributed by atoms with Crippen LogP contribution in [0.2, 0.25) is 0 Å². The van der Waals surface area contributed by atoms with Crippen molar-refractivity contribution < 1.29 is 0 Å². The first-order valence-corrected chi connectivity index (χ1v) is 7.90. The van der Waals surface area contributed by atoms with Gasteiger partial charge in [-0.1, -0.05) is 32.6 Å². The summed E-state index contributed by atoms with van der Waals surface area (Å²) in [6.45, 7) is 0. The molecule has 0 amide bonds. The largest absolute Gasteiger partial charge is 0.144 e. The van der Waals surface area contributed by atoms with Gasteiger partial charge in [-0.2, -0.15) is 0 Å². The van der Waals surface area contributed by atoms with E-state index in [1.165, 1.54) is 20.9 Å². The van der Waals surface area contributed by atoms with Crippen LogP contribution in [-0.2, 0) is 0 Å². The number of rotatable bonds is 2. The van der Waals surface area contributed by atoms with E-state index >= 15 is 0 Å². The van der Waals surface area contributed by atoms with Gasteiger partial charge in [0.15, 0.2) is 0 Å². The molecule has 0 N–H and O–H groups in total. The Labute approximate surface area is 109 Å². The summed E-state index contributed by atoms with van der Waals surface area (Å²) in [7, 11) is 1.16. The van der Waals surface area contributed by atoms with E-state index in [4.69, 9.17) is 12.2 Å². The van der Waals surface area contributed by atoms with E-state index in [0.717, 1.165) is 12.8 Å². The van der Waals surface area contributed by atoms with Crippen LogP contribution in [0.5, 0.6) is 0 Å². The molecule has 0 spiro atoms. The summed E-state index contributed by atoms with van der Waals surface area (Å²) in [6.07, 6.45) is 0. The van der Waals surface area contributed by atoms with Crippen molar-refractivity contribution in [1.29, 1.82) is 0 Å².